The van der Waals surface area contributed by atoms with Crippen LogP contribution in [0.4, 0.5) is 0 Å². The van der Waals surface area contributed by atoms with Crippen LogP contribution in [0, 0.1) is 11.3 Å². The highest BCUT2D eigenvalue weighted by molar-refractivity contribution is 5.98. The molecule has 0 aromatic heterocycles. The van der Waals surface area contributed by atoms with Crippen molar-refractivity contribution in [2.45, 2.75) is 46.6 Å². The Morgan fingerprint density at radius 1 is 1.38 bits per heavy atom. The number of nitrogens with zero attached hydrogens (tertiary/aromatic N) is 1. The zero-order valence-electron chi connectivity index (χ0n) is 10.5. The predicted octanol–water partition coefficient (Wildman–Crippen LogP) is 1.74. The van der Waals surface area contributed by atoms with E-state index in [9.17, 15) is 14.7 Å². The smallest absolute Gasteiger partial charge is 0.316 e. The fourth-order valence-electron chi connectivity index (χ4n) is 2.27. The normalized spacial score (nSPS) is 23.2. The third-order valence-corrected chi connectivity index (χ3v) is 3.20. The number of carbonyl (C=O) groups is 2. The van der Waals surface area contributed by atoms with Crippen LogP contribution < -0.4 is 0 Å². The number of hydrogen-bond donors (Lipinski definition) is 1. The van der Waals surface area contributed by atoms with Gasteiger partial charge in [-0.15, -0.1) is 0 Å². The van der Waals surface area contributed by atoms with Gasteiger partial charge in [-0.3, -0.25) is 9.59 Å². The Morgan fingerprint density at radius 2 is 1.94 bits per heavy atom. The van der Waals surface area contributed by atoms with Crippen molar-refractivity contribution in [3.63, 3.8) is 0 Å². The average Bonchev–Trinajstić information content (AvgIpc) is 2.47. The third kappa shape index (κ3) is 2.54. The molecule has 2 unspecified atom stereocenters. The minimum absolute atomic E-state index is 0.177. The lowest BCUT2D eigenvalue weighted by molar-refractivity contribution is -0.156. The van der Waals surface area contributed by atoms with Crippen molar-refractivity contribution in [2.24, 2.45) is 11.3 Å². The van der Waals surface area contributed by atoms with Crippen molar-refractivity contribution in [3.05, 3.63) is 0 Å². The van der Waals surface area contributed by atoms with Crippen LogP contribution in [0.1, 0.15) is 40.5 Å². The summed E-state index contributed by atoms with van der Waals surface area (Å²) in [7, 11) is 0. The number of rotatable bonds is 2. The second kappa shape index (κ2) is 4.44. The van der Waals surface area contributed by atoms with E-state index in [0.717, 1.165) is 12.8 Å². The number of carbonyl (C=O) groups excluding carboxylic acids is 1. The van der Waals surface area contributed by atoms with Crippen LogP contribution in [0.2, 0.25) is 0 Å². The largest absolute Gasteiger partial charge is 0.481 e. The topological polar surface area (TPSA) is 57.6 Å². The van der Waals surface area contributed by atoms with Gasteiger partial charge in [-0.2, -0.15) is 0 Å². The van der Waals surface area contributed by atoms with Crippen LogP contribution in [0.15, 0.2) is 0 Å². The Bertz CT molecular complexity index is 293. The first-order valence-corrected chi connectivity index (χ1v) is 5.78. The maximum atomic E-state index is 12.2. The summed E-state index contributed by atoms with van der Waals surface area (Å²) < 4.78 is 0. The second-order valence-electron chi connectivity index (χ2n) is 5.66. The molecule has 1 amide bonds. The lowest BCUT2D eigenvalue weighted by Crippen LogP contribution is -2.46. The molecule has 0 aliphatic carbocycles. The number of hydrogen-bond acceptors (Lipinski definition) is 2. The molecule has 1 heterocycles. The molecule has 0 bridgehead atoms. The molecule has 0 radical (unpaired) electrons. The molecular formula is C12H21NO3. The molecule has 0 spiro atoms. The Kier molecular flexibility index (Phi) is 3.61. The van der Waals surface area contributed by atoms with Crippen LogP contribution in [0.5, 0.6) is 0 Å². The molecule has 2 atom stereocenters. The molecule has 16 heavy (non-hydrogen) atoms. The minimum Gasteiger partial charge on any atom is -0.481 e. The Balaban J connectivity index is 2.88. The van der Waals surface area contributed by atoms with E-state index in [4.69, 9.17) is 0 Å². The van der Waals surface area contributed by atoms with Gasteiger partial charge >= 0.3 is 5.97 Å². The highest BCUT2D eigenvalue weighted by atomic mass is 16.4. The second-order valence-corrected chi connectivity index (χ2v) is 5.66. The minimum atomic E-state index is -1.02. The van der Waals surface area contributed by atoms with E-state index in [0.29, 0.717) is 6.54 Å². The summed E-state index contributed by atoms with van der Waals surface area (Å²) in [6.07, 6.45) is 1.95. The van der Waals surface area contributed by atoms with Gasteiger partial charge in [0.1, 0.15) is 5.92 Å². The summed E-state index contributed by atoms with van der Waals surface area (Å²) in [5.41, 5.74) is -0.536. The van der Waals surface area contributed by atoms with Crippen LogP contribution in [0.3, 0.4) is 0 Å². The number of aliphatic carboxylic acids is 1. The lowest BCUT2D eigenvalue weighted by Gasteiger charge is -2.31. The van der Waals surface area contributed by atoms with E-state index in [1.807, 2.05) is 6.92 Å². The van der Waals surface area contributed by atoms with Crippen LogP contribution in [0.25, 0.3) is 0 Å². The van der Waals surface area contributed by atoms with Gasteiger partial charge in [-0.25, -0.2) is 0 Å². The van der Waals surface area contributed by atoms with Crippen LogP contribution >= 0.6 is 0 Å². The van der Waals surface area contributed by atoms with Gasteiger partial charge in [0, 0.05) is 12.6 Å². The van der Waals surface area contributed by atoms with Crippen molar-refractivity contribution in [3.8, 4) is 0 Å². The van der Waals surface area contributed by atoms with Gasteiger partial charge < -0.3 is 10.0 Å². The monoisotopic (exact) mass is 227 g/mol. The Labute approximate surface area is 96.6 Å². The van der Waals surface area contributed by atoms with Crippen molar-refractivity contribution in [2.75, 3.05) is 6.54 Å². The molecule has 1 rings (SSSR count). The number of carboxylic acids is 1. The van der Waals surface area contributed by atoms with Gasteiger partial charge in [0.25, 0.3) is 0 Å². The molecule has 1 aliphatic heterocycles. The molecule has 1 aliphatic rings. The van der Waals surface area contributed by atoms with Gasteiger partial charge in [0.05, 0.1) is 0 Å². The number of amides is 1. The Hall–Kier alpha value is -1.06. The van der Waals surface area contributed by atoms with Gasteiger partial charge in [0.2, 0.25) is 5.91 Å². The summed E-state index contributed by atoms with van der Waals surface area (Å²) in [5, 5.41) is 9.18. The molecule has 92 valence electrons. The predicted molar refractivity (Wildman–Crippen MR) is 61.0 cm³/mol. The summed E-state index contributed by atoms with van der Waals surface area (Å²) in [4.78, 5) is 25.1. The van der Waals surface area contributed by atoms with E-state index in [2.05, 4.69) is 0 Å². The first kappa shape index (κ1) is 13.0. The zero-order chi connectivity index (χ0) is 12.5. The SMILES string of the molecule is CC1CCCN1C(=O)C(C(=O)O)C(C)(C)C. The molecule has 0 aromatic rings. The summed E-state index contributed by atoms with van der Waals surface area (Å²) in [6, 6.07) is 0.177. The zero-order valence-corrected chi connectivity index (χ0v) is 10.5. The van der Waals surface area contributed by atoms with E-state index < -0.39 is 17.3 Å². The summed E-state index contributed by atoms with van der Waals surface area (Å²) in [6.45, 7) is 8.06. The molecule has 4 heteroatoms. The van der Waals surface area contributed by atoms with Crippen molar-refractivity contribution in [1.82, 2.24) is 4.90 Å². The fourth-order valence-corrected chi connectivity index (χ4v) is 2.27. The molecule has 4 nitrogen and oxygen atoms in total. The molecule has 0 aromatic carbocycles. The average molecular weight is 227 g/mol. The highest BCUT2D eigenvalue weighted by Gasteiger charge is 2.42. The maximum absolute atomic E-state index is 12.2. The van der Waals surface area contributed by atoms with Crippen molar-refractivity contribution < 1.29 is 14.7 Å². The molecule has 1 saturated heterocycles. The number of likely N-dealkylation sites (tertiary alicyclic amines) is 1. The first-order valence-electron chi connectivity index (χ1n) is 5.78. The van der Waals surface area contributed by atoms with E-state index in [1.165, 1.54) is 0 Å². The van der Waals surface area contributed by atoms with Crippen molar-refractivity contribution >= 4 is 11.9 Å². The quantitative estimate of drug-likeness (QED) is 0.731. The molecule has 0 saturated carbocycles. The first-order chi connectivity index (χ1) is 7.25. The van der Waals surface area contributed by atoms with Gasteiger partial charge in [-0.1, -0.05) is 20.8 Å². The molecule has 1 fully saturated rings. The van der Waals surface area contributed by atoms with Gasteiger partial charge in [0.15, 0.2) is 0 Å². The maximum Gasteiger partial charge on any atom is 0.316 e. The summed E-state index contributed by atoms with van der Waals surface area (Å²) >= 11 is 0. The summed E-state index contributed by atoms with van der Waals surface area (Å²) in [5.74, 6) is -2.19. The van der Waals surface area contributed by atoms with E-state index >= 15 is 0 Å². The Morgan fingerprint density at radius 3 is 2.25 bits per heavy atom. The standard InChI is InChI=1S/C12H21NO3/c1-8-6-5-7-13(8)10(14)9(11(15)16)12(2,3)4/h8-9H,5-7H2,1-4H3,(H,15,16). The highest BCUT2D eigenvalue weighted by Crippen LogP contribution is 2.30. The van der Waals surface area contributed by atoms with Crippen LogP contribution in [-0.2, 0) is 9.59 Å². The third-order valence-electron chi connectivity index (χ3n) is 3.20. The van der Waals surface area contributed by atoms with Gasteiger partial charge in [-0.05, 0) is 25.2 Å². The fraction of sp³-hybridized carbons (Fsp3) is 0.833. The van der Waals surface area contributed by atoms with E-state index in [-0.39, 0.29) is 11.9 Å². The van der Waals surface area contributed by atoms with E-state index in [1.54, 1.807) is 25.7 Å². The molecular weight excluding hydrogens is 206 g/mol. The van der Waals surface area contributed by atoms with Crippen LogP contribution in [-0.4, -0.2) is 34.5 Å². The number of carboxylic acid groups (broad SMARTS) is 1. The van der Waals surface area contributed by atoms with Crippen molar-refractivity contribution in [1.29, 1.82) is 0 Å². The lowest BCUT2D eigenvalue weighted by atomic mass is 9.79. The molecule has 1 N–H and O–H groups in total.